The number of rotatable bonds is 6. The highest BCUT2D eigenvalue weighted by Gasteiger charge is 2.36. The highest BCUT2D eigenvalue weighted by atomic mass is 127. The second-order valence-corrected chi connectivity index (χ2v) is 8.45. The Hall–Kier alpha value is -3.47. The molecule has 0 saturated carbocycles. The van der Waals surface area contributed by atoms with Crippen molar-refractivity contribution in [3.63, 3.8) is 0 Å². The SMILES string of the molecule is CCOc1ccccc1C(=O)NN1C(=O)c2cc(I)ccc2N[C@H]1c1cc(OC)ccc1O. The third kappa shape index (κ3) is 4.54. The zero-order valence-electron chi connectivity index (χ0n) is 18.0. The van der Waals surface area contributed by atoms with Crippen LogP contribution in [0.3, 0.4) is 0 Å². The van der Waals surface area contributed by atoms with Crippen LogP contribution in [0.15, 0.2) is 60.7 Å². The molecule has 3 aromatic carbocycles. The third-order valence-corrected chi connectivity index (χ3v) is 5.84. The van der Waals surface area contributed by atoms with Crippen LogP contribution in [0.4, 0.5) is 5.69 Å². The molecule has 0 aliphatic carbocycles. The van der Waals surface area contributed by atoms with E-state index in [1.807, 2.05) is 13.0 Å². The lowest BCUT2D eigenvalue weighted by Crippen LogP contribution is -2.53. The van der Waals surface area contributed by atoms with Crippen molar-refractivity contribution in [1.82, 2.24) is 10.4 Å². The molecule has 3 N–H and O–H groups in total. The first-order valence-electron chi connectivity index (χ1n) is 10.2. The number of carbonyl (C=O) groups excluding carboxylic acids is 2. The number of fused-ring (bicyclic) bond motifs is 1. The maximum absolute atomic E-state index is 13.5. The van der Waals surface area contributed by atoms with E-state index < -0.39 is 18.0 Å². The van der Waals surface area contributed by atoms with Gasteiger partial charge in [-0.05, 0) is 78.0 Å². The van der Waals surface area contributed by atoms with Crippen molar-refractivity contribution in [1.29, 1.82) is 0 Å². The Labute approximate surface area is 204 Å². The van der Waals surface area contributed by atoms with E-state index in [2.05, 4.69) is 33.3 Å². The van der Waals surface area contributed by atoms with E-state index in [9.17, 15) is 14.7 Å². The molecule has 8 nitrogen and oxygen atoms in total. The topological polar surface area (TPSA) is 100 Å². The molecule has 1 aliphatic heterocycles. The predicted octanol–water partition coefficient (Wildman–Crippen LogP) is 4.32. The largest absolute Gasteiger partial charge is 0.508 e. The first-order valence-corrected chi connectivity index (χ1v) is 11.3. The molecular weight excluding hydrogens is 537 g/mol. The van der Waals surface area contributed by atoms with Gasteiger partial charge in [0.2, 0.25) is 0 Å². The van der Waals surface area contributed by atoms with Crippen molar-refractivity contribution in [2.75, 3.05) is 19.0 Å². The highest BCUT2D eigenvalue weighted by Crippen LogP contribution is 2.37. The quantitative estimate of drug-likeness (QED) is 0.390. The van der Waals surface area contributed by atoms with Crippen molar-refractivity contribution in [3.05, 3.63) is 80.9 Å². The van der Waals surface area contributed by atoms with Crippen LogP contribution < -0.4 is 20.2 Å². The van der Waals surface area contributed by atoms with Gasteiger partial charge in [-0.1, -0.05) is 12.1 Å². The number of methoxy groups -OCH3 is 1. The lowest BCUT2D eigenvalue weighted by Gasteiger charge is -2.38. The van der Waals surface area contributed by atoms with Gasteiger partial charge in [0, 0.05) is 14.8 Å². The number of ether oxygens (including phenoxy) is 2. The maximum Gasteiger partial charge on any atom is 0.276 e. The molecule has 9 heteroatoms. The molecule has 33 heavy (non-hydrogen) atoms. The normalized spacial score (nSPS) is 14.8. The van der Waals surface area contributed by atoms with Crippen molar-refractivity contribution in [3.8, 4) is 17.2 Å². The first-order chi connectivity index (χ1) is 15.9. The van der Waals surface area contributed by atoms with Gasteiger partial charge in [0.15, 0.2) is 6.17 Å². The fourth-order valence-corrected chi connectivity index (χ4v) is 4.09. The van der Waals surface area contributed by atoms with E-state index in [4.69, 9.17) is 9.47 Å². The van der Waals surface area contributed by atoms with Gasteiger partial charge in [0.25, 0.3) is 11.8 Å². The number of phenolic OH excluding ortho intramolecular Hbond substituents is 1. The average molecular weight is 559 g/mol. The number of anilines is 1. The van der Waals surface area contributed by atoms with E-state index in [0.29, 0.717) is 34.9 Å². The number of hydrogen-bond acceptors (Lipinski definition) is 6. The number of hydrazine groups is 1. The zero-order valence-corrected chi connectivity index (χ0v) is 20.1. The Bertz CT molecular complexity index is 1220. The molecule has 170 valence electrons. The van der Waals surface area contributed by atoms with Crippen molar-refractivity contribution in [2.24, 2.45) is 0 Å². The molecule has 1 aliphatic rings. The summed E-state index contributed by atoms with van der Waals surface area (Å²) in [4.78, 5) is 26.7. The van der Waals surface area contributed by atoms with Gasteiger partial charge < -0.3 is 19.9 Å². The first kappa shape index (κ1) is 22.7. The number of benzene rings is 3. The smallest absolute Gasteiger partial charge is 0.276 e. The van der Waals surface area contributed by atoms with Gasteiger partial charge in [-0.2, -0.15) is 0 Å². The summed E-state index contributed by atoms with van der Waals surface area (Å²) in [7, 11) is 1.51. The monoisotopic (exact) mass is 559 g/mol. The molecule has 0 saturated heterocycles. The second kappa shape index (κ2) is 9.57. The van der Waals surface area contributed by atoms with Crippen LogP contribution in [-0.4, -0.2) is 35.6 Å². The molecular formula is C24H22IN3O5. The Balaban J connectivity index is 1.77. The molecule has 0 aromatic heterocycles. The summed E-state index contributed by atoms with van der Waals surface area (Å²) in [5, 5.41) is 15.0. The number of para-hydroxylation sites is 1. The summed E-state index contributed by atoms with van der Waals surface area (Å²) in [5.74, 6) is -0.0829. The summed E-state index contributed by atoms with van der Waals surface area (Å²) in [6.45, 7) is 2.22. The van der Waals surface area contributed by atoms with Crippen molar-refractivity contribution >= 4 is 40.1 Å². The maximum atomic E-state index is 13.5. The molecule has 4 rings (SSSR count). The van der Waals surface area contributed by atoms with Crippen molar-refractivity contribution < 1.29 is 24.2 Å². The molecule has 1 heterocycles. The molecule has 1 atom stereocenters. The van der Waals surface area contributed by atoms with Crippen LogP contribution in [0.2, 0.25) is 0 Å². The van der Waals surface area contributed by atoms with Crippen LogP contribution in [0.25, 0.3) is 0 Å². The van der Waals surface area contributed by atoms with E-state index in [1.54, 1.807) is 48.5 Å². The molecule has 0 spiro atoms. The van der Waals surface area contributed by atoms with E-state index in [-0.39, 0.29) is 11.3 Å². The van der Waals surface area contributed by atoms with Crippen LogP contribution in [0.5, 0.6) is 17.2 Å². The minimum absolute atomic E-state index is 0.0518. The van der Waals surface area contributed by atoms with E-state index >= 15 is 0 Å². The summed E-state index contributed by atoms with van der Waals surface area (Å²) in [5.41, 5.74) is 4.35. The van der Waals surface area contributed by atoms with Gasteiger partial charge >= 0.3 is 0 Å². The molecule has 0 fully saturated rings. The molecule has 0 bridgehead atoms. The molecule has 3 aromatic rings. The Kier molecular flexibility index (Phi) is 6.59. The van der Waals surface area contributed by atoms with Gasteiger partial charge in [-0.3, -0.25) is 15.0 Å². The van der Waals surface area contributed by atoms with Gasteiger partial charge in [0.05, 0.1) is 24.8 Å². The Morgan fingerprint density at radius 1 is 1.18 bits per heavy atom. The molecule has 0 unspecified atom stereocenters. The predicted molar refractivity (Wildman–Crippen MR) is 131 cm³/mol. The van der Waals surface area contributed by atoms with E-state index in [1.165, 1.54) is 18.2 Å². The number of nitrogens with zero attached hydrogens (tertiary/aromatic N) is 1. The van der Waals surface area contributed by atoms with Crippen LogP contribution >= 0.6 is 22.6 Å². The fourth-order valence-electron chi connectivity index (χ4n) is 3.59. The summed E-state index contributed by atoms with van der Waals surface area (Å²) >= 11 is 2.12. The summed E-state index contributed by atoms with van der Waals surface area (Å²) < 4.78 is 11.7. The molecule has 2 amide bonds. The minimum atomic E-state index is -0.886. The number of aromatic hydroxyl groups is 1. The highest BCUT2D eigenvalue weighted by molar-refractivity contribution is 14.1. The zero-order chi connectivity index (χ0) is 23.5. The van der Waals surface area contributed by atoms with Gasteiger partial charge in [0.1, 0.15) is 17.2 Å². The van der Waals surface area contributed by atoms with Gasteiger partial charge in [-0.15, -0.1) is 0 Å². The van der Waals surface area contributed by atoms with Crippen LogP contribution in [0.1, 0.15) is 39.4 Å². The third-order valence-electron chi connectivity index (χ3n) is 5.16. The summed E-state index contributed by atoms with van der Waals surface area (Å²) in [6.07, 6.45) is -0.886. The van der Waals surface area contributed by atoms with E-state index in [0.717, 1.165) is 3.57 Å². The number of carbonyl (C=O) groups is 2. The average Bonchev–Trinajstić information content (AvgIpc) is 2.82. The molecule has 0 radical (unpaired) electrons. The Morgan fingerprint density at radius 2 is 1.97 bits per heavy atom. The summed E-state index contributed by atoms with van der Waals surface area (Å²) in [6, 6.07) is 16.9. The number of amides is 2. The van der Waals surface area contributed by atoms with Gasteiger partial charge in [-0.25, -0.2) is 5.01 Å². The number of hydrogen-bond donors (Lipinski definition) is 3. The lowest BCUT2D eigenvalue weighted by molar-refractivity contribution is 0.0487. The number of halogens is 1. The minimum Gasteiger partial charge on any atom is -0.508 e. The number of phenols is 1. The van der Waals surface area contributed by atoms with Crippen molar-refractivity contribution in [2.45, 2.75) is 13.1 Å². The standard InChI is InChI=1S/C24H22IN3O5/c1-3-33-21-7-5-4-6-16(21)23(30)27-28-22(18-13-15(32-2)9-11-20(18)29)26-19-10-8-14(25)12-17(19)24(28)31/h4-13,22,26,29H,3H2,1-2H3,(H,27,30)/t22-/m1/s1. The lowest BCUT2D eigenvalue weighted by atomic mass is 10.0. The second-order valence-electron chi connectivity index (χ2n) is 7.21. The Morgan fingerprint density at radius 3 is 2.73 bits per heavy atom. The number of nitrogens with one attached hydrogen (secondary N) is 2. The fraction of sp³-hybridized carbons (Fsp3) is 0.167. The van der Waals surface area contributed by atoms with Crippen LogP contribution in [0, 0.1) is 3.57 Å². The van der Waals surface area contributed by atoms with Crippen LogP contribution in [-0.2, 0) is 0 Å².